The van der Waals surface area contributed by atoms with Crippen molar-refractivity contribution in [3.8, 4) is 0 Å². The molecule has 0 unspecified atom stereocenters. The van der Waals surface area contributed by atoms with Gasteiger partial charge in [0.1, 0.15) is 0 Å². The standard InChI is InChI=1S/C20H36O2/c1-4-5-6-7-10-13-16-19(2)17-14-11-8-9-12-15-18-20(21)22-3/h11,14,17H,4-10,12-13,15-16,18H2,1-3H3. The van der Waals surface area contributed by atoms with E-state index >= 15 is 0 Å². The van der Waals surface area contributed by atoms with Crippen LogP contribution in [0.25, 0.3) is 0 Å². The highest BCUT2D eigenvalue weighted by Crippen LogP contribution is 2.11. The molecular formula is C20H36O2. The SMILES string of the molecule is CCCCCCCCC(C)=CC=CCCCCCC(=O)OC. The van der Waals surface area contributed by atoms with E-state index in [4.69, 9.17) is 0 Å². The second kappa shape index (κ2) is 16.3. The summed E-state index contributed by atoms with van der Waals surface area (Å²) in [5.74, 6) is -0.0937. The fourth-order valence-corrected chi connectivity index (χ4v) is 2.41. The Hall–Kier alpha value is -1.05. The van der Waals surface area contributed by atoms with Crippen LogP contribution < -0.4 is 0 Å². The van der Waals surface area contributed by atoms with Crippen molar-refractivity contribution < 1.29 is 9.53 Å². The fourth-order valence-electron chi connectivity index (χ4n) is 2.41. The number of carbonyl (C=O) groups excluding carboxylic acids is 1. The quantitative estimate of drug-likeness (QED) is 0.212. The lowest BCUT2D eigenvalue weighted by Gasteiger charge is -2.01. The average molecular weight is 309 g/mol. The van der Waals surface area contributed by atoms with E-state index in [1.807, 2.05) is 0 Å². The Bertz CT molecular complexity index is 316. The molecule has 0 aromatic rings. The van der Waals surface area contributed by atoms with Gasteiger partial charge in [0.25, 0.3) is 0 Å². The van der Waals surface area contributed by atoms with Gasteiger partial charge in [-0.05, 0) is 39.0 Å². The van der Waals surface area contributed by atoms with Crippen LogP contribution in [-0.4, -0.2) is 13.1 Å². The Labute approximate surface area is 138 Å². The summed E-state index contributed by atoms with van der Waals surface area (Å²) < 4.78 is 4.62. The molecule has 0 spiro atoms. The number of carbonyl (C=O) groups is 1. The van der Waals surface area contributed by atoms with Gasteiger partial charge in [-0.2, -0.15) is 0 Å². The third-order valence-corrected chi connectivity index (χ3v) is 3.92. The van der Waals surface area contributed by atoms with Crippen LogP contribution in [0.4, 0.5) is 0 Å². The second-order valence-electron chi connectivity index (χ2n) is 6.13. The predicted molar refractivity (Wildman–Crippen MR) is 96.0 cm³/mol. The molecule has 0 aromatic carbocycles. The van der Waals surface area contributed by atoms with Crippen molar-refractivity contribution in [1.82, 2.24) is 0 Å². The molecule has 2 heteroatoms. The van der Waals surface area contributed by atoms with Crippen LogP contribution in [0.1, 0.15) is 90.9 Å². The number of allylic oxidation sites excluding steroid dienone is 4. The molecule has 0 amide bonds. The summed E-state index contributed by atoms with van der Waals surface area (Å²) in [4.78, 5) is 10.9. The number of hydrogen-bond acceptors (Lipinski definition) is 2. The molecule has 0 saturated carbocycles. The molecule has 0 aromatic heterocycles. The first-order valence-corrected chi connectivity index (χ1v) is 9.09. The zero-order valence-corrected chi connectivity index (χ0v) is 15.0. The topological polar surface area (TPSA) is 26.3 Å². The minimum absolute atomic E-state index is 0.0937. The van der Waals surface area contributed by atoms with E-state index in [-0.39, 0.29) is 5.97 Å². The van der Waals surface area contributed by atoms with Gasteiger partial charge >= 0.3 is 5.97 Å². The van der Waals surface area contributed by atoms with Crippen LogP contribution in [0, 0.1) is 0 Å². The number of unbranched alkanes of at least 4 members (excludes halogenated alkanes) is 8. The Balaban J connectivity index is 3.46. The summed E-state index contributed by atoms with van der Waals surface area (Å²) in [6.07, 6.45) is 20.9. The van der Waals surface area contributed by atoms with Gasteiger partial charge in [-0.3, -0.25) is 4.79 Å². The largest absolute Gasteiger partial charge is 0.469 e. The normalized spacial score (nSPS) is 12.0. The molecule has 0 aliphatic heterocycles. The number of rotatable bonds is 14. The van der Waals surface area contributed by atoms with Crippen LogP contribution in [0.2, 0.25) is 0 Å². The zero-order valence-electron chi connectivity index (χ0n) is 15.0. The van der Waals surface area contributed by atoms with E-state index < -0.39 is 0 Å². The fraction of sp³-hybridized carbons (Fsp3) is 0.750. The van der Waals surface area contributed by atoms with Crippen LogP contribution in [0.15, 0.2) is 23.8 Å². The van der Waals surface area contributed by atoms with Gasteiger partial charge in [-0.15, -0.1) is 0 Å². The molecule has 0 fully saturated rings. The molecule has 0 heterocycles. The highest BCUT2D eigenvalue weighted by atomic mass is 16.5. The van der Waals surface area contributed by atoms with Gasteiger partial charge in [-0.1, -0.05) is 69.2 Å². The van der Waals surface area contributed by atoms with Crippen LogP contribution in [-0.2, 0) is 9.53 Å². The summed E-state index contributed by atoms with van der Waals surface area (Å²) in [6, 6.07) is 0. The van der Waals surface area contributed by atoms with Crippen molar-refractivity contribution in [2.45, 2.75) is 90.9 Å². The first kappa shape index (κ1) is 20.9. The Morgan fingerprint density at radius 3 is 2.27 bits per heavy atom. The van der Waals surface area contributed by atoms with Gasteiger partial charge in [-0.25, -0.2) is 0 Å². The molecule has 0 bridgehead atoms. The summed E-state index contributed by atoms with van der Waals surface area (Å²) >= 11 is 0. The first-order valence-electron chi connectivity index (χ1n) is 9.09. The predicted octanol–water partition coefficient (Wildman–Crippen LogP) is 6.36. The maximum absolute atomic E-state index is 10.9. The molecule has 0 N–H and O–H groups in total. The van der Waals surface area contributed by atoms with Crippen molar-refractivity contribution >= 4 is 5.97 Å². The Morgan fingerprint density at radius 2 is 1.55 bits per heavy atom. The minimum Gasteiger partial charge on any atom is -0.469 e. The van der Waals surface area contributed by atoms with Crippen LogP contribution in [0.5, 0.6) is 0 Å². The van der Waals surface area contributed by atoms with E-state index in [2.05, 4.69) is 36.8 Å². The van der Waals surface area contributed by atoms with E-state index in [1.165, 1.54) is 57.6 Å². The molecule has 0 aliphatic rings. The highest BCUT2D eigenvalue weighted by Gasteiger charge is 1.98. The molecule has 22 heavy (non-hydrogen) atoms. The second-order valence-corrected chi connectivity index (χ2v) is 6.13. The van der Waals surface area contributed by atoms with Gasteiger partial charge in [0.15, 0.2) is 0 Å². The Kier molecular flexibility index (Phi) is 15.5. The van der Waals surface area contributed by atoms with Crippen molar-refractivity contribution in [1.29, 1.82) is 0 Å². The van der Waals surface area contributed by atoms with Crippen molar-refractivity contribution in [3.05, 3.63) is 23.8 Å². The number of methoxy groups -OCH3 is 1. The maximum atomic E-state index is 10.9. The highest BCUT2D eigenvalue weighted by molar-refractivity contribution is 5.68. The van der Waals surface area contributed by atoms with Crippen LogP contribution >= 0.6 is 0 Å². The van der Waals surface area contributed by atoms with Gasteiger partial charge in [0.05, 0.1) is 7.11 Å². The molecule has 0 rings (SSSR count). The van der Waals surface area contributed by atoms with E-state index in [1.54, 1.807) is 0 Å². The maximum Gasteiger partial charge on any atom is 0.305 e. The minimum atomic E-state index is -0.0937. The third-order valence-electron chi connectivity index (χ3n) is 3.92. The molecular weight excluding hydrogens is 272 g/mol. The first-order chi connectivity index (χ1) is 10.7. The average Bonchev–Trinajstić information content (AvgIpc) is 2.52. The molecule has 128 valence electrons. The molecule has 0 saturated heterocycles. The molecule has 2 nitrogen and oxygen atoms in total. The van der Waals surface area contributed by atoms with Crippen molar-refractivity contribution in [2.24, 2.45) is 0 Å². The molecule has 0 aliphatic carbocycles. The smallest absolute Gasteiger partial charge is 0.305 e. The van der Waals surface area contributed by atoms with Crippen LogP contribution in [0.3, 0.4) is 0 Å². The van der Waals surface area contributed by atoms with E-state index in [0.29, 0.717) is 6.42 Å². The summed E-state index contributed by atoms with van der Waals surface area (Å²) in [6.45, 7) is 4.49. The van der Waals surface area contributed by atoms with Gasteiger partial charge in [0, 0.05) is 6.42 Å². The number of hydrogen-bond donors (Lipinski definition) is 0. The van der Waals surface area contributed by atoms with Gasteiger partial charge in [0.2, 0.25) is 0 Å². The zero-order chi connectivity index (χ0) is 16.5. The molecule has 0 atom stereocenters. The molecule has 0 radical (unpaired) electrons. The lowest BCUT2D eigenvalue weighted by molar-refractivity contribution is -0.140. The number of esters is 1. The summed E-state index contributed by atoms with van der Waals surface area (Å²) in [5, 5.41) is 0. The van der Waals surface area contributed by atoms with Gasteiger partial charge < -0.3 is 4.74 Å². The third kappa shape index (κ3) is 15.3. The summed E-state index contributed by atoms with van der Waals surface area (Å²) in [5.41, 5.74) is 1.48. The van der Waals surface area contributed by atoms with E-state index in [9.17, 15) is 4.79 Å². The lowest BCUT2D eigenvalue weighted by Crippen LogP contribution is -1.98. The van der Waals surface area contributed by atoms with E-state index in [0.717, 1.165) is 25.7 Å². The monoisotopic (exact) mass is 308 g/mol. The lowest BCUT2D eigenvalue weighted by atomic mass is 10.1. The van der Waals surface area contributed by atoms with Crippen molar-refractivity contribution in [3.63, 3.8) is 0 Å². The summed E-state index contributed by atoms with van der Waals surface area (Å²) in [7, 11) is 1.45. The Morgan fingerprint density at radius 1 is 0.909 bits per heavy atom. The number of ether oxygens (including phenoxy) is 1. The van der Waals surface area contributed by atoms with Crippen molar-refractivity contribution in [2.75, 3.05) is 7.11 Å².